The first-order valence-corrected chi connectivity index (χ1v) is 6.51. The highest BCUT2D eigenvalue weighted by Crippen LogP contribution is 2.28. The van der Waals surface area contributed by atoms with Crippen LogP contribution in [0.2, 0.25) is 0 Å². The van der Waals surface area contributed by atoms with Gasteiger partial charge in [-0.15, -0.1) is 0 Å². The molecule has 1 aromatic heterocycles. The Morgan fingerprint density at radius 2 is 2.31 bits per heavy atom. The van der Waals surface area contributed by atoms with Gasteiger partial charge in [-0.05, 0) is 60.8 Å². The van der Waals surface area contributed by atoms with Crippen LogP contribution in [-0.4, -0.2) is 24.1 Å². The zero-order valence-corrected chi connectivity index (χ0v) is 11.4. The van der Waals surface area contributed by atoms with E-state index >= 15 is 0 Å². The molecule has 1 aliphatic heterocycles. The highest BCUT2D eigenvalue weighted by atomic mass is 79.9. The minimum atomic E-state index is 0.543. The van der Waals surface area contributed by atoms with Crippen molar-refractivity contribution in [2.75, 3.05) is 18.0 Å². The zero-order chi connectivity index (χ0) is 11.7. The molecule has 0 spiro atoms. The Bertz CT molecular complexity index is 381. The van der Waals surface area contributed by atoms with Crippen LogP contribution in [0.5, 0.6) is 0 Å². The Balaban J connectivity index is 2.21. The van der Waals surface area contributed by atoms with Crippen LogP contribution >= 0.6 is 15.9 Å². The molecule has 2 unspecified atom stereocenters. The van der Waals surface area contributed by atoms with Crippen molar-refractivity contribution in [3.05, 3.63) is 22.3 Å². The topological polar surface area (TPSA) is 42.2 Å². The van der Waals surface area contributed by atoms with Crippen molar-refractivity contribution >= 4 is 21.7 Å². The van der Waals surface area contributed by atoms with Crippen molar-refractivity contribution in [1.29, 1.82) is 0 Å². The molecular formula is C12H18BrN3. The number of rotatable bonds is 2. The molecule has 0 aromatic carbocycles. The molecule has 88 valence electrons. The number of nitrogens with zero attached hydrogens (tertiary/aromatic N) is 2. The zero-order valence-electron chi connectivity index (χ0n) is 9.78. The average molecular weight is 284 g/mol. The maximum atomic E-state index is 5.74. The summed E-state index contributed by atoms with van der Waals surface area (Å²) < 4.78 is 1.07. The predicted molar refractivity (Wildman–Crippen MR) is 70.6 cm³/mol. The second-order valence-electron chi connectivity index (χ2n) is 4.58. The second-order valence-corrected chi connectivity index (χ2v) is 5.43. The normalized spacial score (nSPS) is 25.1. The number of aryl methyl sites for hydroxylation is 1. The Morgan fingerprint density at radius 3 is 2.88 bits per heavy atom. The van der Waals surface area contributed by atoms with Crippen LogP contribution in [0.1, 0.15) is 19.0 Å². The Hall–Kier alpha value is -0.610. The van der Waals surface area contributed by atoms with E-state index in [1.165, 1.54) is 6.42 Å². The van der Waals surface area contributed by atoms with Crippen LogP contribution in [0.25, 0.3) is 0 Å². The monoisotopic (exact) mass is 283 g/mol. The van der Waals surface area contributed by atoms with Crippen molar-refractivity contribution in [2.45, 2.75) is 26.3 Å². The number of halogens is 1. The van der Waals surface area contributed by atoms with E-state index in [0.717, 1.165) is 29.1 Å². The molecule has 0 saturated carbocycles. The molecule has 1 saturated heterocycles. The largest absolute Gasteiger partial charge is 0.354 e. The maximum absolute atomic E-state index is 5.74. The Morgan fingerprint density at radius 1 is 1.56 bits per heavy atom. The van der Waals surface area contributed by atoms with Gasteiger partial charge in [0.15, 0.2) is 0 Å². The smallest absolute Gasteiger partial charge is 0.129 e. The second kappa shape index (κ2) is 4.72. The number of aromatic nitrogens is 1. The lowest BCUT2D eigenvalue weighted by Gasteiger charge is -2.23. The SMILES string of the molecule is Cc1nc(N2CC(CN)CC2C)ccc1Br. The molecule has 0 radical (unpaired) electrons. The van der Waals surface area contributed by atoms with Crippen LogP contribution < -0.4 is 10.6 Å². The lowest BCUT2D eigenvalue weighted by Crippen LogP contribution is -2.28. The van der Waals surface area contributed by atoms with Gasteiger partial charge in [0, 0.05) is 17.1 Å². The summed E-state index contributed by atoms with van der Waals surface area (Å²) in [5.74, 6) is 1.69. The van der Waals surface area contributed by atoms with Crippen LogP contribution in [0.4, 0.5) is 5.82 Å². The molecule has 1 aromatic rings. The van der Waals surface area contributed by atoms with Gasteiger partial charge in [-0.1, -0.05) is 0 Å². The molecule has 2 rings (SSSR count). The summed E-state index contributed by atoms with van der Waals surface area (Å²) in [6.07, 6.45) is 1.17. The fourth-order valence-electron chi connectivity index (χ4n) is 2.32. The molecule has 1 fully saturated rings. The number of hydrogen-bond acceptors (Lipinski definition) is 3. The van der Waals surface area contributed by atoms with E-state index in [1.807, 2.05) is 6.92 Å². The summed E-state index contributed by atoms with van der Waals surface area (Å²) in [5.41, 5.74) is 6.78. The summed E-state index contributed by atoms with van der Waals surface area (Å²) in [6, 6.07) is 4.69. The summed E-state index contributed by atoms with van der Waals surface area (Å²) in [4.78, 5) is 6.97. The van der Waals surface area contributed by atoms with E-state index < -0.39 is 0 Å². The van der Waals surface area contributed by atoms with Crippen molar-refractivity contribution < 1.29 is 0 Å². The van der Waals surface area contributed by atoms with E-state index in [1.54, 1.807) is 0 Å². The molecule has 16 heavy (non-hydrogen) atoms. The van der Waals surface area contributed by atoms with Crippen molar-refractivity contribution in [2.24, 2.45) is 11.7 Å². The highest BCUT2D eigenvalue weighted by Gasteiger charge is 2.28. The van der Waals surface area contributed by atoms with E-state index in [9.17, 15) is 0 Å². The summed E-state index contributed by atoms with van der Waals surface area (Å²) in [7, 11) is 0. The molecule has 4 heteroatoms. The van der Waals surface area contributed by atoms with E-state index in [0.29, 0.717) is 12.0 Å². The first-order chi connectivity index (χ1) is 7.61. The van der Waals surface area contributed by atoms with Crippen molar-refractivity contribution in [3.8, 4) is 0 Å². The van der Waals surface area contributed by atoms with E-state index in [2.05, 4.69) is 44.9 Å². The standard InChI is InChI=1S/C12H18BrN3/c1-8-5-10(6-14)7-16(8)12-4-3-11(13)9(2)15-12/h3-4,8,10H,5-7,14H2,1-2H3. The molecule has 3 nitrogen and oxygen atoms in total. The molecule has 2 heterocycles. The first kappa shape index (κ1) is 11.9. The third-order valence-electron chi connectivity index (χ3n) is 3.30. The van der Waals surface area contributed by atoms with Gasteiger partial charge in [0.2, 0.25) is 0 Å². The van der Waals surface area contributed by atoms with Crippen molar-refractivity contribution in [3.63, 3.8) is 0 Å². The van der Waals surface area contributed by atoms with E-state index in [-0.39, 0.29) is 0 Å². The minimum Gasteiger partial charge on any atom is -0.354 e. The number of nitrogens with two attached hydrogens (primary N) is 1. The highest BCUT2D eigenvalue weighted by molar-refractivity contribution is 9.10. The Labute approximate surface area is 105 Å². The summed E-state index contributed by atoms with van der Waals surface area (Å²) in [6.45, 7) is 6.07. The van der Waals surface area contributed by atoms with Crippen LogP contribution in [0.15, 0.2) is 16.6 Å². The molecule has 0 bridgehead atoms. The number of pyridine rings is 1. The average Bonchev–Trinajstić information content (AvgIpc) is 2.64. The van der Waals surface area contributed by atoms with Crippen molar-refractivity contribution in [1.82, 2.24) is 4.98 Å². The van der Waals surface area contributed by atoms with Crippen LogP contribution in [0.3, 0.4) is 0 Å². The van der Waals surface area contributed by atoms with Gasteiger partial charge in [-0.2, -0.15) is 0 Å². The van der Waals surface area contributed by atoms with Crippen LogP contribution in [-0.2, 0) is 0 Å². The molecule has 2 N–H and O–H groups in total. The number of hydrogen-bond donors (Lipinski definition) is 1. The summed E-state index contributed by atoms with van der Waals surface area (Å²) in [5, 5.41) is 0. The first-order valence-electron chi connectivity index (χ1n) is 5.71. The lowest BCUT2D eigenvalue weighted by atomic mass is 10.1. The third kappa shape index (κ3) is 2.23. The maximum Gasteiger partial charge on any atom is 0.129 e. The van der Waals surface area contributed by atoms with Gasteiger partial charge >= 0.3 is 0 Å². The van der Waals surface area contributed by atoms with Gasteiger partial charge in [0.1, 0.15) is 5.82 Å². The van der Waals surface area contributed by atoms with Gasteiger partial charge in [-0.25, -0.2) is 4.98 Å². The fourth-order valence-corrected chi connectivity index (χ4v) is 2.54. The molecule has 0 aliphatic carbocycles. The van der Waals surface area contributed by atoms with Gasteiger partial charge < -0.3 is 10.6 Å². The number of anilines is 1. The van der Waals surface area contributed by atoms with Gasteiger partial charge in [0.05, 0.1) is 5.69 Å². The van der Waals surface area contributed by atoms with E-state index in [4.69, 9.17) is 5.73 Å². The Kier molecular flexibility index (Phi) is 3.50. The lowest BCUT2D eigenvalue weighted by molar-refractivity contribution is 0.579. The van der Waals surface area contributed by atoms with Gasteiger partial charge in [0.25, 0.3) is 0 Å². The minimum absolute atomic E-state index is 0.543. The predicted octanol–water partition coefficient (Wildman–Crippen LogP) is 2.33. The molecule has 1 aliphatic rings. The molecule has 2 atom stereocenters. The summed E-state index contributed by atoms with van der Waals surface area (Å²) >= 11 is 3.48. The molecular weight excluding hydrogens is 266 g/mol. The van der Waals surface area contributed by atoms with Crippen LogP contribution in [0, 0.1) is 12.8 Å². The third-order valence-corrected chi connectivity index (χ3v) is 4.13. The van der Waals surface area contributed by atoms with Gasteiger partial charge in [-0.3, -0.25) is 0 Å². The molecule has 0 amide bonds. The fraction of sp³-hybridized carbons (Fsp3) is 0.583. The quantitative estimate of drug-likeness (QED) is 0.906.